The third kappa shape index (κ3) is 65.4. The molecule has 0 radical (unpaired) electrons. The number of allylic oxidation sites excluding steroid dienone is 4. The molecule has 6 nitrogen and oxygen atoms in total. The number of esters is 1. The lowest BCUT2D eigenvalue weighted by molar-refractivity contribution is -0.143. The van der Waals surface area contributed by atoms with E-state index in [4.69, 9.17) is 4.74 Å². The predicted molar refractivity (Wildman–Crippen MR) is 347 cm³/mol. The van der Waals surface area contributed by atoms with E-state index in [-0.39, 0.29) is 18.5 Å². The van der Waals surface area contributed by atoms with Crippen molar-refractivity contribution in [3.8, 4) is 0 Å². The van der Waals surface area contributed by atoms with Crippen molar-refractivity contribution in [2.75, 3.05) is 13.2 Å². The molecule has 1 amide bonds. The molecule has 79 heavy (non-hydrogen) atoms. The van der Waals surface area contributed by atoms with Crippen molar-refractivity contribution >= 4 is 11.9 Å². The Bertz CT molecular complexity index is 1230. The van der Waals surface area contributed by atoms with Crippen molar-refractivity contribution < 1.29 is 24.5 Å². The Balaban J connectivity index is 3.37. The van der Waals surface area contributed by atoms with Gasteiger partial charge in [-0.1, -0.05) is 340 Å². The van der Waals surface area contributed by atoms with Crippen LogP contribution in [0.3, 0.4) is 0 Å². The summed E-state index contributed by atoms with van der Waals surface area (Å²) in [4.78, 5) is 24.6. The number of nitrogens with one attached hydrogen (secondary N) is 1. The fraction of sp³-hybridized carbons (Fsp3) is 0.918. The van der Waals surface area contributed by atoms with Crippen LogP contribution in [-0.2, 0) is 14.3 Å². The number of hydrogen-bond acceptors (Lipinski definition) is 5. The number of unbranched alkanes of at least 4 members (excludes halogenated alkanes) is 53. The predicted octanol–water partition coefficient (Wildman–Crippen LogP) is 23.3. The number of rotatable bonds is 68. The largest absolute Gasteiger partial charge is 0.466 e. The first-order valence-corrected chi connectivity index (χ1v) is 36.1. The summed E-state index contributed by atoms with van der Waals surface area (Å²) in [5, 5.41) is 23.4. The van der Waals surface area contributed by atoms with Gasteiger partial charge in [-0.3, -0.25) is 9.59 Å². The van der Waals surface area contributed by atoms with Gasteiger partial charge in [0.25, 0.3) is 0 Å². The normalized spacial score (nSPS) is 12.6. The van der Waals surface area contributed by atoms with Crippen molar-refractivity contribution in [3.63, 3.8) is 0 Å². The van der Waals surface area contributed by atoms with Crippen LogP contribution in [0.1, 0.15) is 406 Å². The first-order chi connectivity index (χ1) is 39.0. The molecular formula is C73H141NO5. The average molecular weight is 1110 g/mol. The molecule has 0 rings (SSSR count). The molecule has 0 aromatic carbocycles. The summed E-state index contributed by atoms with van der Waals surface area (Å²) < 4.78 is 5.47. The molecule has 0 saturated heterocycles. The Labute approximate surface area is 494 Å². The van der Waals surface area contributed by atoms with Gasteiger partial charge in [0, 0.05) is 12.8 Å². The van der Waals surface area contributed by atoms with E-state index in [0.29, 0.717) is 25.9 Å². The first-order valence-electron chi connectivity index (χ1n) is 36.1. The van der Waals surface area contributed by atoms with E-state index < -0.39 is 12.1 Å². The Kier molecular flexibility index (Phi) is 67.4. The van der Waals surface area contributed by atoms with Gasteiger partial charge in [0.2, 0.25) is 5.91 Å². The van der Waals surface area contributed by atoms with Crippen LogP contribution in [0, 0.1) is 0 Å². The fourth-order valence-corrected chi connectivity index (χ4v) is 11.5. The van der Waals surface area contributed by atoms with Crippen molar-refractivity contribution in [1.82, 2.24) is 5.32 Å². The number of carbonyl (C=O) groups is 2. The molecule has 0 heterocycles. The van der Waals surface area contributed by atoms with Crippen LogP contribution < -0.4 is 5.32 Å². The van der Waals surface area contributed by atoms with Crippen molar-refractivity contribution in [2.24, 2.45) is 0 Å². The van der Waals surface area contributed by atoms with Crippen LogP contribution >= 0.6 is 0 Å². The van der Waals surface area contributed by atoms with E-state index >= 15 is 0 Å². The Hall–Kier alpha value is -1.66. The summed E-state index contributed by atoms with van der Waals surface area (Å²) in [6.45, 7) is 4.97. The lowest BCUT2D eigenvalue weighted by Crippen LogP contribution is -2.45. The van der Waals surface area contributed by atoms with E-state index in [1.807, 2.05) is 0 Å². The molecule has 0 fully saturated rings. The third-order valence-electron chi connectivity index (χ3n) is 17.0. The average Bonchev–Trinajstić information content (AvgIpc) is 3.45. The molecule has 0 aliphatic rings. The van der Waals surface area contributed by atoms with E-state index in [1.165, 1.54) is 327 Å². The summed E-state index contributed by atoms with van der Waals surface area (Å²) in [7, 11) is 0. The van der Waals surface area contributed by atoms with Gasteiger partial charge in [-0.15, -0.1) is 0 Å². The summed E-state index contributed by atoms with van der Waals surface area (Å²) in [6.07, 6.45) is 86.6. The first kappa shape index (κ1) is 77.3. The quantitative estimate of drug-likeness (QED) is 0.0320. The zero-order valence-electron chi connectivity index (χ0n) is 53.6. The number of ether oxygens (including phenoxy) is 1. The smallest absolute Gasteiger partial charge is 0.305 e. The maximum Gasteiger partial charge on any atom is 0.305 e. The van der Waals surface area contributed by atoms with E-state index in [0.717, 1.165) is 44.9 Å². The lowest BCUT2D eigenvalue weighted by atomic mass is 10.0. The minimum atomic E-state index is -0.664. The Morgan fingerprint density at radius 1 is 0.342 bits per heavy atom. The number of carbonyl (C=O) groups excluding carboxylic acids is 2. The monoisotopic (exact) mass is 1110 g/mol. The lowest BCUT2D eigenvalue weighted by Gasteiger charge is -2.22. The van der Waals surface area contributed by atoms with Gasteiger partial charge in [-0.2, -0.15) is 0 Å². The molecule has 0 saturated carbocycles. The topological polar surface area (TPSA) is 95.9 Å². The maximum absolute atomic E-state index is 12.5. The van der Waals surface area contributed by atoms with Crippen LogP contribution in [-0.4, -0.2) is 47.4 Å². The molecule has 6 heteroatoms. The highest BCUT2D eigenvalue weighted by Crippen LogP contribution is 2.19. The number of aliphatic hydroxyl groups is 2. The van der Waals surface area contributed by atoms with Gasteiger partial charge < -0.3 is 20.3 Å². The fourth-order valence-electron chi connectivity index (χ4n) is 11.5. The molecule has 0 aromatic heterocycles. The molecule has 0 aliphatic carbocycles. The van der Waals surface area contributed by atoms with Gasteiger partial charge in [0.05, 0.1) is 25.4 Å². The molecule has 0 spiro atoms. The van der Waals surface area contributed by atoms with Crippen LogP contribution in [0.25, 0.3) is 0 Å². The highest BCUT2D eigenvalue weighted by molar-refractivity contribution is 5.76. The summed E-state index contributed by atoms with van der Waals surface area (Å²) >= 11 is 0. The molecule has 3 N–H and O–H groups in total. The number of hydrogen-bond donors (Lipinski definition) is 3. The van der Waals surface area contributed by atoms with Crippen molar-refractivity contribution in [1.29, 1.82) is 0 Å². The second kappa shape index (κ2) is 68.8. The van der Waals surface area contributed by atoms with E-state index in [2.05, 4.69) is 43.5 Å². The molecule has 468 valence electrons. The third-order valence-corrected chi connectivity index (χ3v) is 17.0. The van der Waals surface area contributed by atoms with E-state index in [1.54, 1.807) is 0 Å². The molecular weight excluding hydrogens is 971 g/mol. The summed E-state index contributed by atoms with van der Waals surface area (Å²) in [5.41, 5.74) is 0. The minimum Gasteiger partial charge on any atom is -0.466 e. The molecule has 0 bridgehead atoms. The number of aliphatic hydroxyl groups excluding tert-OH is 2. The van der Waals surface area contributed by atoms with Crippen LogP contribution in [0.5, 0.6) is 0 Å². The van der Waals surface area contributed by atoms with Crippen molar-refractivity contribution in [3.05, 3.63) is 24.3 Å². The molecule has 2 unspecified atom stereocenters. The number of amides is 1. The minimum absolute atomic E-state index is 0.00763. The van der Waals surface area contributed by atoms with Crippen LogP contribution in [0.2, 0.25) is 0 Å². The SMILES string of the molecule is CCCCC/C=C\CCCCCCCC(=O)OCCCCCCCCCCCCCC/C=C\CCCCCCCCCCCCCCCCC(=O)NC(CO)C(O)CCCCCCCCCCCCCCCCCCCCCC. The van der Waals surface area contributed by atoms with E-state index in [9.17, 15) is 19.8 Å². The maximum atomic E-state index is 12.5. The standard InChI is InChI=1S/C73H141NO5/c1-3-5-7-9-11-13-15-17-18-19-20-33-36-39-42-45-49-53-57-61-65-71(76)70(69-75)74-72(77)66-62-58-54-50-46-43-40-37-34-31-29-27-25-23-21-22-24-26-28-30-32-35-38-41-44-48-52-56-60-64-68-79-73(78)67-63-59-55-51-47-16-14-12-10-8-6-4-2/h12,14,22,24,70-71,75-76H,3-11,13,15-21,23,25-69H2,1-2H3,(H,74,77)/b14-12-,24-22-. The summed E-state index contributed by atoms with van der Waals surface area (Å²) in [5.74, 6) is -0.0214. The van der Waals surface area contributed by atoms with Gasteiger partial charge in [-0.05, 0) is 77.0 Å². The van der Waals surface area contributed by atoms with Gasteiger partial charge in [0.1, 0.15) is 0 Å². The van der Waals surface area contributed by atoms with Crippen molar-refractivity contribution in [2.45, 2.75) is 418 Å². The van der Waals surface area contributed by atoms with Gasteiger partial charge in [-0.25, -0.2) is 0 Å². The highest BCUT2D eigenvalue weighted by atomic mass is 16.5. The van der Waals surface area contributed by atoms with Crippen LogP contribution in [0.15, 0.2) is 24.3 Å². The molecule has 0 aromatic rings. The zero-order chi connectivity index (χ0) is 57.1. The zero-order valence-corrected chi connectivity index (χ0v) is 53.6. The highest BCUT2D eigenvalue weighted by Gasteiger charge is 2.20. The van der Waals surface area contributed by atoms with Crippen LogP contribution in [0.4, 0.5) is 0 Å². The molecule has 2 atom stereocenters. The second-order valence-corrected chi connectivity index (χ2v) is 24.9. The Morgan fingerprint density at radius 3 is 0.924 bits per heavy atom. The molecule has 0 aliphatic heterocycles. The van der Waals surface area contributed by atoms with Gasteiger partial charge >= 0.3 is 5.97 Å². The van der Waals surface area contributed by atoms with Gasteiger partial charge in [0.15, 0.2) is 0 Å². The second-order valence-electron chi connectivity index (χ2n) is 24.9. The summed E-state index contributed by atoms with van der Waals surface area (Å²) in [6, 6.07) is -0.541. The Morgan fingerprint density at radius 2 is 0.595 bits per heavy atom.